The second-order valence-electron chi connectivity index (χ2n) is 5.02. The third-order valence-electron chi connectivity index (χ3n) is 3.62. The van der Waals surface area contributed by atoms with Crippen LogP contribution in [0, 0.1) is 0 Å². The summed E-state index contributed by atoms with van der Waals surface area (Å²) in [4.78, 5) is 18.0. The molecule has 0 amide bonds. The summed E-state index contributed by atoms with van der Waals surface area (Å²) in [6.45, 7) is 0. The monoisotopic (exact) mass is 386 g/mol. The zero-order valence-electron chi connectivity index (χ0n) is 12.1. The number of methoxy groups -OCH3 is 1. The molecule has 0 unspecified atom stereocenters. The molecule has 0 spiro atoms. The smallest absolute Gasteiger partial charge is 0.274 e. The third-order valence-corrected chi connectivity index (χ3v) is 5.09. The minimum absolute atomic E-state index is 0.0549. The Morgan fingerprint density at radius 2 is 2.09 bits per heavy atom. The summed E-state index contributed by atoms with van der Waals surface area (Å²) in [7, 11) is 1.62. The van der Waals surface area contributed by atoms with E-state index in [1.165, 1.54) is 11.3 Å². The van der Waals surface area contributed by atoms with Crippen molar-refractivity contribution < 1.29 is 4.74 Å². The largest absolute Gasteiger partial charge is 0.496 e. The van der Waals surface area contributed by atoms with Gasteiger partial charge in [-0.25, -0.2) is 9.38 Å². The molecular formula is C17H11BrN2O2S. The van der Waals surface area contributed by atoms with E-state index in [-0.39, 0.29) is 5.56 Å². The summed E-state index contributed by atoms with van der Waals surface area (Å²) < 4.78 is 8.60. The summed E-state index contributed by atoms with van der Waals surface area (Å²) >= 11 is 4.83. The van der Waals surface area contributed by atoms with Gasteiger partial charge in [-0.2, -0.15) is 0 Å². The van der Waals surface area contributed by atoms with Crippen molar-refractivity contribution in [2.75, 3.05) is 7.11 Å². The molecule has 23 heavy (non-hydrogen) atoms. The van der Waals surface area contributed by atoms with Gasteiger partial charge in [-0.15, -0.1) is 0 Å². The normalized spacial score (nSPS) is 12.3. The van der Waals surface area contributed by atoms with Crippen LogP contribution in [-0.4, -0.2) is 16.5 Å². The highest BCUT2D eigenvalue weighted by atomic mass is 79.9. The van der Waals surface area contributed by atoms with Crippen LogP contribution in [0.5, 0.6) is 5.75 Å². The van der Waals surface area contributed by atoms with Crippen LogP contribution in [0.25, 0.3) is 22.1 Å². The molecular weight excluding hydrogens is 376 g/mol. The van der Waals surface area contributed by atoms with Gasteiger partial charge in [0.2, 0.25) is 0 Å². The number of thiazole rings is 1. The first-order chi connectivity index (χ1) is 11.2. The fraction of sp³-hybridized carbons (Fsp3) is 0.0588. The molecule has 2 heterocycles. The van der Waals surface area contributed by atoms with Gasteiger partial charge in [0.05, 0.1) is 22.7 Å². The number of imidazole rings is 1. The summed E-state index contributed by atoms with van der Waals surface area (Å²) in [5.74, 6) is 0.725. The lowest BCUT2D eigenvalue weighted by atomic mass is 10.2. The number of nitrogens with zero attached hydrogens (tertiary/aromatic N) is 2. The summed E-state index contributed by atoms with van der Waals surface area (Å²) in [6.07, 6.45) is 1.85. The average Bonchev–Trinajstić information content (AvgIpc) is 3.05. The molecule has 2 aromatic heterocycles. The summed E-state index contributed by atoms with van der Waals surface area (Å²) in [6, 6.07) is 13.4. The Morgan fingerprint density at radius 3 is 2.91 bits per heavy atom. The van der Waals surface area contributed by atoms with Gasteiger partial charge in [0.25, 0.3) is 5.56 Å². The van der Waals surface area contributed by atoms with Gasteiger partial charge >= 0.3 is 0 Å². The van der Waals surface area contributed by atoms with E-state index in [1.807, 2.05) is 48.5 Å². The molecule has 0 bridgehead atoms. The zero-order valence-corrected chi connectivity index (χ0v) is 14.5. The van der Waals surface area contributed by atoms with E-state index in [9.17, 15) is 4.79 Å². The highest BCUT2D eigenvalue weighted by Gasteiger charge is 2.11. The molecule has 6 heteroatoms. The summed E-state index contributed by atoms with van der Waals surface area (Å²) in [5, 5.41) is 0. The molecule has 0 saturated heterocycles. The first kappa shape index (κ1) is 14.4. The Hall–Kier alpha value is -2.18. The van der Waals surface area contributed by atoms with Crippen LogP contribution in [0.15, 0.2) is 51.7 Å². The number of halogens is 1. The number of fused-ring (bicyclic) bond motifs is 3. The molecule has 0 saturated carbocycles. The van der Waals surface area contributed by atoms with Crippen molar-refractivity contribution in [1.82, 2.24) is 9.38 Å². The molecule has 4 aromatic rings. The lowest BCUT2D eigenvalue weighted by molar-refractivity contribution is 0.414. The molecule has 0 radical (unpaired) electrons. The molecule has 0 aliphatic rings. The Bertz CT molecular complexity index is 1150. The number of para-hydroxylation sites is 2. The predicted molar refractivity (Wildman–Crippen MR) is 96.3 cm³/mol. The van der Waals surface area contributed by atoms with E-state index in [2.05, 4.69) is 20.9 Å². The van der Waals surface area contributed by atoms with Crippen LogP contribution < -0.4 is 14.8 Å². The SMILES string of the molecule is COc1ccc(Br)cc1C=c1sc2nc3ccccc3n2c1=O. The Morgan fingerprint density at radius 1 is 1.26 bits per heavy atom. The lowest BCUT2D eigenvalue weighted by Gasteiger charge is -2.04. The standard InChI is InChI=1S/C17H11BrN2O2S/c1-22-14-7-6-11(18)8-10(14)9-15-16(21)20-13-5-3-2-4-12(13)19-17(20)23-15/h2-9H,1H3. The van der Waals surface area contributed by atoms with Gasteiger partial charge in [-0.3, -0.25) is 4.79 Å². The number of rotatable bonds is 2. The van der Waals surface area contributed by atoms with Crippen molar-refractivity contribution >= 4 is 49.3 Å². The zero-order chi connectivity index (χ0) is 16.0. The number of hydrogen-bond acceptors (Lipinski definition) is 4. The topological polar surface area (TPSA) is 43.6 Å². The van der Waals surface area contributed by atoms with E-state index in [0.29, 0.717) is 9.49 Å². The molecule has 114 valence electrons. The molecule has 0 aliphatic carbocycles. The molecule has 0 aliphatic heterocycles. The van der Waals surface area contributed by atoms with Crippen LogP contribution in [0.2, 0.25) is 0 Å². The van der Waals surface area contributed by atoms with Gasteiger partial charge in [-0.05, 0) is 36.4 Å². The quantitative estimate of drug-likeness (QED) is 0.531. The Labute approximate surface area is 143 Å². The van der Waals surface area contributed by atoms with Crippen LogP contribution in [0.3, 0.4) is 0 Å². The predicted octanol–water partition coefficient (Wildman–Crippen LogP) is 3.23. The van der Waals surface area contributed by atoms with E-state index in [4.69, 9.17) is 4.74 Å². The first-order valence-corrected chi connectivity index (χ1v) is 8.53. The molecule has 0 N–H and O–H groups in total. The van der Waals surface area contributed by atoms with Crippen LogP contribution in [0.1, 0.15) is 5.56 Å². The minimum atomic E-state index is -0.0549. The van der Waals surface area contributed by atoms with Crippen LogP contribution >= 0.6 is 27.3 Å². The van der Waals surface area contributed by atoms with E-state index >= 15 is 0 Å². The maximum absolute atomic E-state index is 12.7. The average molecular weight is 387 g/mol. The minimum Gasteiger partial charge on any atom is -0.496 e. The van der Waals surface area contributed by atoms with Gasteiger partial charge in [-0.1, -0.05) is 39.4 Å². The fourth-order valence-electron chi connectivity index (χ4n) is 2.57. The summed E-state index contributed by atoms with van der Waals surface area (Å²) in [5.41, 5.74) is 2.47. The second kappa shape index (κ2) is 5.47. The van der Waals surface area contributed by atoms with Crippen molar-refractivity contribution in [3.8, 4) is 5.75 Å². The van der Waals surface area contributed by atoms with E-state index in [0.717, 1.165) is 26.8 Å². The Kier molecular flexibility index (Phi) is 3.43. The maximum atomic E-state index is 12.7. The molecule has 4 rings (SSSR count). The number of hydrogen-bond donors (Lipinski definition) is 0. The maximum Gasteiger partial charge on any atom is 0.274 e. The van der Waals surface area contributed by atoms with Crippen molar-refractivity contribution in [2.24, 2.45) is 0 Å². The first-order valence-electron chi connectivity index (χ1n) is 6.92. The van der Waals surface area contributed by atoms with Crippen molar-refractivity contribution in [3.63, 3.8) is 0 Å². The van der Waals surface area contributed by atoms with Gasteiger partial charge < -0.3 is 4.74 Å². The molecule has 0 fully saturated rings. The van der Waals surface area contributed by atoms with Crippen LogP contribution in [-0.2, 0) is 0 Å². The highest BCUT2D eigenvalue weighted by Crippen LogP contribution is 2.23. The van der Waals surface area contributed by atoms with Gasteiger partial charge in [0, 0.05) is 10.0 Å². The third kappa shape index (κ3) is 2.34. The lowest BCUT2D eigenvalue weighted by Crippen LogP contribution is -2.22. The number of benzene rings is 2. The van der Waals surface area contributed by atoms with Crippen molar-refractivity contribution in [2.45, 2.75) is 0 Å². The van der Waals surface area contributed by atoms with Gasteiger partial charge in [0.1, 0.15) is 5.75 Å². The molecule has 0 atom stereocenters. The highest BCUT2D eigenvalue weighted by molar-refractivity contribution is 9.10. The van der Waals surface area contributed by atoms with Crippen molar-refractivity contribution in [1.29, 1.82) is 0 Å². The Balaban J connectivity index is 2.01. The second-order valence-corrected chi connectivity index (χ2v) is 6.95. The number of aromatic nitrogens is 2. The van der Waals surface area contributed by atoms with Crippen molar-refractivity contribution in [3.05, 3.63) is 67.4 Å². The van der Waals surface area contributed by atoms with E-state index in [1.54, 1.807) is 11.5 Å². The number of ether oxygens (including phenoxy) is 1. The van der Waals surface area contributed by atoms with Gasteiger partial charge in [0.15, 0.2) is 4.96 Å². The van der Waals surface area contributed by atoms with Crippen LogP contribution in [0.4, 0.5) is 0 Å². The van der Waals surface area contributed by atoms with E-state index < -0.39 is 0 Å². The molecule has 2 aromatic carbocycles. The molecule has 4 nitrogen and oxygen atoms in total. The fourth-order valence-corrected chi connectivity index (χ4v) is 3.93.